The molecule has 1 unspecified atom stereocenters. The number of unbranched alkanes of at least 4 members (excludes halogenated alkanes) is 37. The highest BCUT2D eigenvalue weighted by molar-refractivity contribution is 5.71. The molecule has 79 heavy (non-hydrogen) atoms. The molecule has 0 amide bonds. The van der Waals surface area contributed by atoms with Crippen molar-refractivity contribution in [1.29, 1.82) is 0 Å². The van der Waals surface area contributed by atoms with Gasteiger partial charge in [-0.2, -0.15) is 0 Å². The number of carbonyl (C=O) groups is 3. The van der Waals surface area contributed by atoms with E-state index in [2.05, 4.69) is 106 Å². The molecule has 0 spiro atoms. The van der Waals surface area contributed by atoms with Gasteiger partial charge in [-0.25, -0.2) is 0 Å². The lowest BCUT2D eigenvalue weighted by Gasteiger charge is -2.18. The Bertz CT molecular complexity index is 1500. The summed E-state index contributed by atoms with van der Waals surface area (Å²) in [7, 11) is 0. The molecular formula is C73H128O6. The van der Waals surface area contributed by atoms with Gasteiger partial charge in [0, 0.05) is 19.3 Å². The maximum absolute atomic E-state index is 12.9. The molecule has 6 heteroatoms. The van der Waals surface area contributed by atoms with Crippen LogP contribution in [0.15, 0.2) is 85.1 Å². The van der Waals surface area contributed by atoms with Crippen molar-refractivity contribution in [3.63, 3.8) is 0 Å². The molecule has 1 atom stereocenters. The van der Waals surface area contributed by atoms with Crippen molar-refractivity contribution in [2.45, 2.75) is 348 Å². The molecule has 456 valence electrons. The Kier molecular flexibility index (Phi) is 64.2. The third-order valence-electron chi connectivity index (χ3n) is 14.9. The average Bonchev–Trinajstić information content (AvgIpc) is 3.45. The molecule has 0 radical (unpaired) electrons. The number of esters is 3. The summed E-state index contributed by atoms with van der Waals surface area (Å²) >= 11 is 0. The van der Waals surface area contributed by atoms with Crippen LogP contribution >= 0.6 is 0 Å². The first kappa shape index (κ1) is 75.6. The second-order valence-electron chi connectivity index (χ2n) is 22.7. The molecule has 0 heterocycles. The van der Waals surface area contributed by atoms with Gasteiger partial charge in [-0.05, 0) is 89.9 Å². The summed E-state index contributed by atoms with van der Waals surface area (Å²) in [4.78, 5) is 38.4. The highest BCUT2D eigenvalue weighted by atomic mass is 16.6. The summed E-state index contributed by atoms with van der Waals surface area (Å²) in [6.45, 7) is 6.51. The number of allylic oxidation sites excluding steroid dienone is 14. The van der Waals surface area contributed by atoms with Gasteiger partial charge < -0.3 is 14.2 Å². The fourth-order valence-electron chi connectivity index (χ4n) is 9.78. The van der Waals surface area contributed by atoms with Crippen LogP contribution in [0.25, 0.3) is 0 Å². The standard InChI is InChI=1S/C73H128O6/c1-4-7-10-13-16-19-22-25-28-30-32-34-36-38-39-41-43-45-48-51-54-57-60-63-66-72(75)78-69-70(68-77-71(74)65-62-59-56-53-50-47-27-24-21-18-15-12-9-6-3)79-73(76)67-64-61-58-55-52-49-46-44-42-40-37-35-33-31-29-26-23-20-17-14-11-8-5-2/h8,11,15,17-18,20,24,26-27,29,33,35,40,42,70H,4-7,9-10,12-14,16,19,21-23,25,28,30-32,34,36-39,41,43-69H2,1-3H3/b11-8-,18-15-,20-17-,27-24-,29-26-,35-33-,42-40-. The van der Waals surface area contributed by atoms with Crippen molar-refractivity contribution in [3.05, 3.63) is 85.1 Å². The quantitative estimate of drug-likeness (QED) is 0.0261. The van der Waals surface area contributed by atoms with Crippen LogP contribution in [0.4, 0.5) is 0 Å². The predicted octanol–water partition coefficient (Wildman–Crippen LogP) is 23.4. The summed E-state index contributed by atoms with van der Waals surface area (Å²) in [6.07, 6.45) is 88.9. The average molecular weight is 1100 g/mol. The topological polar surface area (TPSA) is 78.9 Å². The van der Waals surface area contributed by atoms with Gasteiger partial charge in [0.2, 0.25) is 0 Å². The minimum Gasteiger partial charge on any atom is -0.462 e. The number of ether oxygens (including phenoxy) is 3. The maximum Gasteiger partial charge on any atom is 0.306 e. The van der Waals surface area contributed by atoms with Crippen LogP contribution in [-0.2, 0) is 28.6 Å². The van der Waals surface area contributed by atoms with Crippen LogP contribution in [0.5, 0.6) is 0 Å². The van der Waals surface area contributed by atoms with Crippen LogP contribution in [0.2, 0.25) is 0 Å². The van der Waals surface area contributed by atoms with Gasteiger partial charge in [0.1, 0.15) is 13.2 Å². The van der Waals surface area contributed by atoms with E-state index in [4.69, 9.17) is 14.2 Å². The lowest BCUT2D eigenvalue weighted by atomic mass is 10.0. The zero-order valence-corrected chi connectivity index (χ0v) is 52.4. The molecule has 0 aliphatic rings. The highest BCUT2D eigenvalue weighted by Crippen LogP contribution is 2.18. The molecular weight excluding hydrogens is 973 g/mol. The molecule has 0 saturated heterocycles. The van der Waals surface area contributed by atoms with E-state index in [1.165, 1.54) is 186 Å². The monoisotopic (exact) mass is 1100 g/mol. The zero-order valence-electron chi connectivity index (χ0n) is 52.4. The number of carbonyl (C=O) groups excluding carboxylic acids is 3. The molecule has 0 fully saturated rings. The molecule has 0 aromatic carbocycles. The third-order valence-corrected chi connectivity index (χ3v) is 14.9. The first-order valence-corrected chi connectivity index (χ1v) is 34.1. The summed E-state index contributed by atoms with van der Waals surface area (Å²) in [5.74, 6) is -0.892. The minimum absolute atomic E-state index is 0.0829. The van der Waals surface area contributed by atoms with Crippen molar-refractivity contribution in [3.8, 4) is 0 Å². The van der Waals surface area contributed by atoms with E-state index in [9.17, 15) is 14.4 Å². The Morgan fingerprint density at radius 2 is 0.506 bits per heavy atom. The molecule has 0 N–H and O–H groups in total. The Hall–Kier alpha value is -3.41. The number of hydrogen-bond acceptors (Lipinski definition) is 6. The maximum atomic E-state index is 12.9. The van der Waals surface area contributed by atoms with E-state index in [0.29, 0.717) is 19.3 Å². The van der Waals surface area contributed by atoms with Crippen molar-refractivity contribution in [2.75, 3.05) is 13.2 Å². The van der Waals surface area contributed by atoms with E-state index in [0.717, 1.165) is 116 Å². The lowest BCUT2D eigenvalue weighted by Crippen LogP contribution is -2.30. The largest absolute Gasteiger partial charge is 0.462 e. The van der Waals surface area contributed by atoms with Gasteiger partial charge in [-0.1, -0.05) is 318 Å². The molecule has 6 nitrogen and oxygen atoms in total. The lowest BCUT2D eigenvalue weighted by molar-refractivity contribution is -0.167. The first-order valence-electron chi connectivity index (χ1n) is 34.1. The van der Waals surface area contributed by atoms with Gasteiger partial charge in [0.05, 0.1) is 0 Å². The Balaban J connectivity index is 4.33. The molecule has 0 rings (SSSR count). The second kappa shape index (κ2) is 67.1. The van der Waals surface area contributed by atoms with Gasteiger partial charge in [-0.3, -0.25) is 14.4 Å². The first-order chi connectivity index (χ1) is 39.0. The minimum atomic E-state index is -0.789. The number of rotatable bonds is 62. The Labute approximate surface area is 490 Å². The van der Waals surface area contributed by atoms with E-state index in [1.807, 2.05) is 0 Å². The van der Waals surface area contributed by atoms with Gasteiger partial charge >= 0.3 is 17.9 Å². The van der Waals surface area contributed by atoms with E-state index < -0.39 is 6.10 Å². The molecule has 0 aromatic heterocycles. The van der Waals surface area contributed by atoms with Crippen molar-refractivity contribution in [2.24, 2.45) is 0 Å². The highest BCUT2D eigenvalue weighted by Gasteiger charge is 2.19. The fraction of sp³-hybridized carbons (Fsp3) is 0.767. The Morgan fingerprint density at radius 3 is 0.810 bits per heavy atom. The van der Waals surface area contributed by atoms with Crippen molar-refractivity contribution < 1.29 is 28.6 Å². The molecule has 0 aliphatic carbocycles. The molecule has 0 bridgehead atoms. The van der Waals surface area contributed by atoms with Gasteiger partial charge in [-0.15, -0.1) is 0 Å². The summed E-state index contributed by atoms with van der Waals surface area (Å²) < 4.78 is 17.0. The van der Waals surface area contributed by atoms with Crippen molar-refractivity contribution in [1.82, 2.24) is 0 Å². The van der Waals surface area contributed by atoms with E-state index in [-0.39, 0.29) is 31.1 Å². The van der Waals surface area contributed by atoms with Gasteiger partial charge in [0.15, 0.2) is 6.10 Å². The van der Waals surface area contributed by atoms with Crippen LogP contribution in [0.1, 0.15) is 342 Å². The molecule has 0 aromatic rings. The molecule has 0 aliphatic heterocycles. The van der Waals surface area contributed by atoms with E-state index in [1.54, 1.807) is 0 Å². The Morgan fingerprint density at radius 1 is 0.266 bits per heavy atom. The van der Waals surface area contributed by atoms with Gasteiger partial charge in [0.25, 0.3) is 0 Å². The fourth-order valence-corrected chi connectivity index (χ4v) is 9.78. The summed E-state index contributed by atoms with van der Waals surface area (Å²) in [6, 6.07) is 0. The summed E-state index contributed by atoms with van der Waals surface area (Å²) in [5, 5.41) is 0. The van der Waals surface area contributed by atoms with Crippen LogP contribution in [0, 0.1) is 0 Å². The summed E-state index contributed by atoms with van der Waals surface area (Å²) in [5.41, 5.74) is 0. The zero-order chi connectivity index (χ0) is 57.1. The normalized spacial score (nSPS) is 12.6. The smallest absolute Gasteiger partial charge is 0.306 e. The van der Waals surface area contributed by atoms with E-state index >= 15 is 0 Å². The molecule has 0 saturated carbocycles. The number of hydrogen-bond donors (Lipinski definition) is 0. The third kappa shape index (κ3) is 65.3. The van der Waals surface area contributed by atoms with Crippen LogP contribution < -0.4 is 0 Å². The predicted molar refractivity (Wildman–Crippen MR) is 344 cm³/mol. The van der Waals surface area contributed by atoms with Crippen molar-refractivity contribution >= 4 is 17.9 Å². The van der Waals surface area contributed by atoms with Crippen LogP contribution in [-0.4, -0.2) is 37.2 Å². The van der Waals surface area contributed by atoms with Crippen LogP contribution in [0.3, 0.4) is 0 Å². The SMILES string of the molecule is CC/C=C\C/C=C\C/C=C\C/C=C\C/C=C\CCCCCCCCCC(=O)OC(COC(=O)CCCCCCC/C=C\C/C=C\CCCC)COC(=O)CCCCCCCCCCCCCCCCCCCCCCCCCC. The second-order valence-corrected chi connectivity index (χ2v) is 22.7.